The van der Waals surface area contributed by atoms with Crippen LogP contribution >= 0.6 is 0 Å². The van der Waals surface area contributed by atoms with Crippen molar-refractivity contribution in [2.75, 3.05) is 0 Å². The molecule has 1 N–H and O–H groups in total. The van der Waals surface area contributed by atoms with Crippen molar-refractivity contribution in [3.8, 4) is 0 Å². The van der Waals surface area contributed by atoms with Crippen LogP contribution in [0.25, 0.3) is 0 Å². The highest BCUT2D eigenvalue weighted by Gasteiger charge is 2.41. The summed E-state index contributed by atoms with van der Waals surface area (Å²) in [6.07, 6.45) is 9.53. The molecule has 2 bridgehead atoms. The van der Waals surface area contributed by atoms with Gasteiger partial charge in [-0.1, -0.05) is 6.42 Å². The second kappa shape index (κ2) is 4.49. The Bertz CT molecular complexity index is 359. The Morgan fingerprint density at radius 3 is 2.76 bits per heavy atom. The lowest BCUT2D eigenvalue weighted by Crippen LogP contribution is -2.37. The van der Waals surface area contributed by atoms with Crippen molar-refractivity contribution >= 4 is 0 Å². The molecule has 0 aliphatic heterocycles. The lowest BCUT2D eigenvalue weighted by molar-refractivity contribution is 0.248. The molecule has 17 heavy (non-hydrogen) atoms. The third-order valence-corrected chi connectivity index (χ3v) is 4.99. The molecule has 0 amide bonds. The number of nitrogens with one attached hydrogen (secondary N) is 1. The second-order valence-electron chi connectivity index (χ2n) is 6.07. The van der Waals surface area contributed by atoms with E-state index in [2.05, 4.69) is 25.2 Å². The largest absolute Gasteiger partial charge is 0.472 e. The van der Waals surface area contributed by atoms with Gasteiger partial charge in [0.1, 0.15) is 0 Å². The van der Waals surface area contributed by atoms with Gasteiger partial charge in [-0.3, -0.25) is 0 Å². The van der Waals surface area contributed by atoms with Crippen molar-refractivity contribution in [3.63, 3.8) is 0 Å². The Balaban J connectivity index is 1.58. The standard InChI is InChI=1S/C15H23NO/c1-10(14-5-6-17-9-14)16-11(2)15-8-12-3-4-13(15)7-12/h5-6,9-13,15-16H,3-4,7-8H2,1-2H3. The average Bonchev–Trinajstić information content (AvgIpc) is 3.05. The molecule has 1 aromatic heterocycles. The normalized spacial score (nSPS) is 35.1. The highest BCUT2D eigenvalue weighted by Crippen LogP contribution is 2.49. The molecular formula is C15H23NO. The van der Waals surface area contributed by atoms with E-state index in [0.29, 0.717) is 12.1 Å². The van der Waals surface area contributed by atoms with Crippen molar-refractivity contribution in [2.45, 2.75) is 51.6 Å². The molecule has 2 fully saturated rings. The fourth-order valence-electron chi connectivity index (χ4n) is 4.04. The molecule has 1 aromatic rings. The van der Waals surface area contributed by atoms with Crippen LogP contribution in [0, 0.1) is 17.8 Å². The Kier molecular flexibility index (Phi) is 2.99. The summed E-state index contributed by atoms with van der Waals surface area (Å²) in [6, 6.07) is 3.10. The molecule has 2 aliphatic rings. The van der Waals surface area contributed by atoms with Crippen LogP contribution in [-0.2, 0) is 0 Å². The van der Waals surface area contributed by atoms with Crippen molar-refractivity contribution in [3.05, 3.63) is 24.2 Å². The quantitative estimate of drug-likeness (QED) is 0.856. The third-order valence-electron chi connectivity index (χ3n) is 4.99. The minimum atomic E-state index is 0.405. The molecule has 1 heterocycles. The van der Waals surface area contributed by atoms with E-state index in [0.717, 1.165) is 17.8 Å². The van der Waals surface area contributed by atoms with Gasteiger partial charge < -0.3 is 9.73 Å². The zero-order valence-corrected chi connectivity index (χ0v) is 10.9. The minimum Gasteiger partial charge on any atom is -0.472 e. The summed E-state index contributed by atoms with van der Waals surface area (Å²) >= 11 is 0. The van der Waals surface area contributed by atoms with Crippen LogP contribution in [0.5, 0.6) is 0 Å². The second-order valence-corrected chi connectivity index (χ2v) is 6.07. The Labute approximate surface area is 104 Å². The first-order valence-corrected chi connectivity index (χ1v) is 7.02. The van der Waals surface area contributed by atoms with Crippen LogP contribution < -0.4 is 5.32 Å². The lowest BCUT2D eigenvalue weighted by atomic mass is 9.83. The van der Waals surface area contributed by atoms with Gasteiger partial charge in [0, 0.05) is 17.6 Å². The molecule has 2 heteroatoms. The lowest BCUT2D eigenvalue weighted by Gasteiger charge is -2.30. The van der Waals surface area contributed by atoms with Crippen molar-refractivity contribution in [1.29, 1.82) is 0 Å². The molecule has 0 spiro atoms. The van der Waals surface area contributed by atoms with E-state index in [1.807, 2.05) is 6.26 Å². The zero-order chi connectivity index (χ0) is 11.8. The maximum absolute atomic E-state index is 5.15. The van der Waals surface area contributed by atoms with E-state index in [4.69, 9.17) is 4.42 Å². The monoisotopic (exact) mass is 233 g/mol. The Morgan fingerprint density at radius 2 is 2.18 bits per heavy atom. The van der Waals surface area contributed by atoms with Crippen LogP contribution in [-0.4, -0.2) is 6.04 Å². The Morgan fingerprint density at radius 1 is 1.29 bits per heavy atom. The molecule has 0 radical (unpaired) electrons. The molecule has 0 saturated heterocycles. The van der Waals surface area contributed by atoms with Crippen LogP contribution in [0.4, 0.5) is 0 Å². The van der Waals surface area contributed by atoms with Crippen molar-refractivity contribution in [2.24, 2.45) is 17.8 Å². The summed E-state index contributed by atoms with van der Waals surface area (Å²) in [5.41, 5.74) is 1.26. The van der Waals surface area contributed by atoms with E-state index in [1.54, 1.807) is 6.26 Å². The van der Waals surface area contributed by atoms with E-state index in [1.165, 1.54) is 31.2 Å². The van der Waals surface area contributed by atoms with E-state index < -0.39 is 0 Å². The zero-order valence-electron chi connectivity index (χ0n) is 10.9. The Hall–Kier alpha value is -0.760. The summed E-state index contributed by atoms with van der Waals surface area (Å²) in [5, 5.41) is 3.75. The first kappa shape index (κ1) is 11.3. The van der Waals surface area contributed by atoms with E-state index in [-0.39, 0.29) is 0 Å². The molecule has 2 aliphatic carbocycles. The molecule has 94 valence electrons. The van der Waals surface area contributed by atoms with Gasteiger partial charge >= 0.3 is 0 Å². The summed E-state index contributed by atoms with van der Waals surface area (Å²) in [4.78, 5) is 0. The highest BCUT2D eigenvalue weighted by atomic mass is 16.3. The highest BCUT2D eigenvalue weighted by molar-refractivity contribution is 5.10. The smallest absolute Gasteiger partial charge is 0.0950 e. The van der Waals surface area contributed by atoms with Crippen LogP contribution in [0.3, 0.4) is 0 Å². The SMILES string of the molecule is CC(NC(C)C1CC2CCC1C2)c1ccoc1. The maximum atomic E-state index is 5.15. The molecular weight excluding hydrogens is 210 g/mol. The molecule has 2 nitrogen and oxygen atoms in total. The minimum absolute atomic E-state index is 0.405. The van der Waals surface area contributed by atoms with Gasteiger partial charge in [0.05, 0.1) is 12.5 Å². The molecule has 5 unspecified atom stereocenters. The summed E-state index contributed by atoms with van der Waals surface area (Å²) in [5.74, 6) is 2.95. The number of hydrogen-bond donors (Lipinski definition) is 1. The molecule has 2 saturated carbocycles. The van der Waals surface area contributed by atoms with Gasteiger partial charge in [-0.2, -0.15) is 0 Å². The van der Waals surface area contributed by atoms with Gasteiger partial charge in [0.15, 0.2) is 0 Å². The predicted molar refractivity (Wildman–Crippen MR) is 68.7 cm³/mol. The fraction of sp³-hybridized carbons (Fsp3) is 0.733. The van der Waals surface area contributed by atoms with Crippen LogP contribution in [0.15, 0.2) is 23.0 Å². The average molecular weight is 233 g/mol. The van der Waals surface area contributed by atoms with Gasteiger partial charge in [-0.05, 0) is 56.9 Å². The van der Waals surface area contributed by atoms with Crippen LogP contribution in [0.1, 0.15) is 51.1 Å². The summed E-state index contributed by atoms with van der Waals surface area (Å²) in [7, 11) is 0. The number of fused-ring (bicyclic) bond motifs is 2. The summed E-state index contributed by atoms with van der Waals surface area (Å²) in [6.45, 7) is 4.59. The molecule has 3 rings (SSSR count). The number of hydrogen-bond acceptors (Lipinski definition) is 2. The molecule has 0 aromatic carbocycles. The number of rotatable bonds is 4. The fourth-order valence-corrected chi connectivity index (χ4v) is 4.04. The van der Waals surface area contributed by atoms with Crippen molar-refractivity contribution < 1.29 is 4.42 Å². The van der Waals surface area contributed by atoms with Gasteiger partial charge in [0.25, 0.3) is 0 Å². The first-order chi connectivity index (χ1) is 8.24. The van der Waals surface area contributed by atoms with E-state index >= 15 is 0 Å². The summed E-state index contributed by atoms with van der Waals surface area (Å²) < 4.78 is 5.15. The van der Waals surface area contributed by atoms with Gasteiger partial charge in [-0.25, -0.2) is 0 Å². The topological polar surface area (TPSA) is 25.2 Å². The van der Waals surface area contributed by atoms with Gasteiger partial charge in [-0.15, -0.1) is 0 Å². The number of furan rings is 1. The first-order valence-electron chi connectivity index (χ1n) is 7.02. The third kappa shape index (κ3) is 2.15. The van der Waals surface area contributed by atoms with Crippen molar-refractivity contribution in [1.82, 2.24) is 5.32 Å². The van der Waals surface area contributed by atoms with E-state index in [9.17, 15) is 0 Å². The molecule has 5 atom stereocenters. The van der Waals surface area contributed by atoms with Crippen LogP contribution in [0.2, 0.25) is 0 Å². The predicted octanol–water partition coefficient (Wildman–Crippen LogP) is 3.75. The van der Waals surface area contributed by atoms with Gasteiger partial charge in [0.2, 0.25) is 0 Å². The maximum Gasteiger partial charge on any atom is 0.0950 e.